The van der Waals surface area contributed by atoms with Crippen molar-refractivity contribution in [2.24, 2.45) is 0 Å². The van der Waals surface area contributed by atoms with Crippen LogP contribution in [-0.4, -0.2) is 18.2 Å². The van der Waals surface area contributed by atoms with Gasteiger partial charge in [-0.05, 0) is 65.5 Å². The minimum Gasteiger partial charge on any atom is -0.497 e. The molecule has 0 amide bonds. The van der Waals surface area contributed by atoms with Gasteiger partial charge in [0.2, 0.25) is 0 Å². The number of hydrogen-bond acceptors (Lipinski definition) is 2. The van der Waals surface area contributed by atoms with Crippen LogP contribution in [0.3, 0.4) is 0 Å². The SMILES string of the molecule is COc1ccc(/C=C2/C(C)=C(CC(=O)O)c3cc(C)ccc32)cc1. The van der Waals surface area contributed by atoms with Crippen LogP contribution in [-0.2, 0) is 4.79 Å². The summed E-state index contributed by atoms with van der Waals surface area (Å²) in [6.45, 7) is 4.03. The minimum atomic E-state index is -0.803. The Morgan fingerprint density at radius 1 is 1.08 bits per heavy atom. The Labute approximate surface area is 141 Å². The number of carbonyl (C=O) groups is 1. The molecule has 0 aliphatic heterocycles. The van der Waals surface area contributed by atoms with Crippen LogP contribution in [0.15, 0.2) is 48.0 Å². The molecule has 1 N–H and O–H groups in total. The second-order valence-electron chi connectivity index (χ2n) is 6.05. The Kier molecular flexibility index (Phi) is 4.26. The number of allylic oxidation sites excluding steroid dienone is 2. The highest BCUT2D eigenvalue weighted by molar-refractivity contribution is 6.07. The first-order valence-corrected chi connectivity index (χ1v) is 7.88. The van der Waals surface area contributed by atoms with E-state index in [1.807, 2.05) is 38.1 Å². The first-order chi connectivity index (χ1) is 11.5. The summed E-state index contributed by atoms with van der Waals surface area (Å²) in [4.78, 5) is 11.3. The molecule has 3 nitrogen and oxygen atoms in total. The average Bonchev–Trinajstić information content (AvgIpc) is 2.80. The van der Waals surface area contributed by atoms with Crippen molar-refractivity contribution in [3.05, 3.63) is 70.3 Å². The molecular weight excluding hydrogens is 300 g/mol. The van der Waals surface area contributed by atoms with E-state index >= 15 is 0 Å². The minimum absolute atomic E-state index is 0.0439. The summed E-state index contributed by atoms with van der Waals surface area (Å²) >= 11 is 0. The maximum atomic E-state index is 11.3. The first-order valence-electron chi connectivity index (χ1n) is 7.88. The van der Waals surface area contributed by atoms with Crippen molar-refractivity contribution < 1.29 is 14.6 Å². The summed E-state index contributed by atoms with van der Waals surface area (Å²) in [6.07, 6.45) is 2.15. The molecule has 0 spiro atoms. The molecular formula is C21H20O3. The van der Waals surface area contributed by atoms with Gasteiger partial charge in [-0.2, -0.15) is 0 Å². The average molecular weight is 320 g/mol. The van der Waals surface area contributed by atoms with E-state index in [0.29, 0.717) is 0 Å². The Morgan fingerprint density at radius 2 is 1.79 bits per heavy atom. The first kappa shape index (κ1) is 16.1. The summed E-state index contributed by atoms with van der Waals surface area (Å²) in [5.41, 5.74) is 7.37. The molecule has 0 unspecified atom stereocenters. The van der Waals surface area contributed by atoms with E-state index in [0.717, 1.165) is 44.7 Å². The van der Waals surface area contributed by atoms with Crippen LogP contribution in [0.25, 0.3) is 17.2 Å². The molecule has 122 valence electrons. The van der Waals surface area contributed by atoms with E-state index in [4.69, 9.17) is 4.74 Å². The number of aryl methyl sites for hydroxylation is 1. The van der Waals surface area contributed by atoms with Gasteiger partial charge >= 0.3 is 5.97 Å². The predicted molar refractivity (Wildman–Crippen MR) is 96.9 cm³/mol. The van der Waals surface area contributed by atoms with Crippen molar-refractivity contribution in [3.8, 4) is 5.75 Å². The van der Waals surface area contributed by atoms with Crippen molar-refractivity contribution in [2.45, 2.75) is 20.3 Å². The zero-order chi connectivity index (χ0) is 17.3. The summed E-state index contributed by atoms with van der Waals surface area (Å²) in [5.74, 6) is 0.0148. The molecule has 1 aliphatic carbocycles. The smallest absolute Gasteiger partial charge is 0.307 e. The van der Waals surface area contributed by atoms with Gasteiger partial charge in [0.1, 0.15) is 5.75 Å². The zero-order valence-electron chi connectivity index (χ0n) is 14.1. The topological polar surface area (TPSA) is 46.5 Å². The predicted octanol–water partition coefficient (Wildman–Crippen LogP) is 4.81. The fourth-order valence-corrected chi connectivity index (χ4v) is 3.14. The molecule has 0 heterocycles. The Morgan fingerprint density at radius 3 is 2.42 bits per heavy atom. The lowest BCUT2D eigenvalue weighted by molar-refractivity contribution is -0.135. The maximum Gasteiger partial charge on any atom is 0.307 e. The lowest BCUT2D eigenvalue weighted by Crippen LogP contribution is -1.97. The molecule has 0 radical (unpaired) electrons. The third kappa shape index (κ3) is 2.98. The fourth-order valence-electron chi connectivity index (χ4n) is 3.14. The molecule has 1 aliphatic rings. The summed E-state index contributed by atoms with van der Waals surface area (Å²) < 4.78 is 5.20. The lowest BCUT2D eigenvalue weighted by atomic mass is 9.99. The highest BCUT2D eigenvalue weighted by atomic mass is 16.5. The van der Waals surface area contributed by atoms with Crippen molar-refractivity contribution in [3.63, 3.8) is 0 Å². The standard InChI is InChI=1S/C21H20O3/c1-13-4-9-17-18(11-15-5-7-16(24-3)8-6-15)14(2)19(12-21(22)23)20(17)10-13/h4-11H,12H2,1-3H3,(H,22,23)/b18-11-. The molecule has 0 bridgehead atoms. The molecule has 24 heavy (non-hydrogen) atoms. The third-order valence-corrected chi connectivity index (χ3v) is 4.40. The van der Waals surface area contributed by atoms with Crippen LogP contribution in [0, 0.1) is 6.92 Å². The summed E-state index contributed by atoms with van der Waals surface area (Å²) in [5, 5.41) is 9.25. The van der Waals surface area contributed by atoms with E-state index in [1.165, 1.54) is 0 Å². The van der Waals surface area contributed by atoms with Gasteiger partial charge in [0, 0.05) is 0 Å². The molecule has 0 fully saturated rings. The van der Waals surface area contributed by atoms with Crippen molar-refractivity contribution >= 4 is 23.2 Å². The molecule has 0 saturated carbocycles. The van der Waals surface area contributed by atoms with Crippen LogP contribution in [0.2, 0.25) is 0 Å². The monoisotopic (exact) mass is 320 g/mol. The Balaban J connectivity index is 2.11. The molecule has 2 aromatic rings. The van der Waals surface area contributed by atoms with Crippen LogP contribution < -0.4 is 4.74 Å². The van der Waals surface area contributed by atoms with Gasteiger partial charge in [0.05, 0.1) is 13.5 Å². The zero-order valence-corrected chi connectivity index (χ0v) is 14.1. The quantitative estimate of drug-likeness (QED) is 0.879. The summed E-state index contributed by atoms with van der Waals surface area (Å²) in [6, 6.07) is 14.1. The number of benzene rings is 2. The van der Waals surface area contributed by atoms with Gasteiger partial charge in [-0.3, -0.25) is 4.79 Å². The van der Waals surface area contributed by atoms with Crippen LogP contribution in [0.4, 0.5) is 0 Å². The largest absolute Gasteiger partial charge is 0.497 e. The van der Waals surface area contributed by atoms with Crippen LogP contribution in [0.5, 0.6) is 5.75 Å². The Bertz CT molecular complexity index is 855. The Hall–Kier alpha value is -2.81. The van der Waals surface area contributed by atoms with Gasteiger partial charge in [-0.1, -0.05) is 35.9 Å². The van der Waals surface area contributed by atoms with Crippen molar-refractivity contribution in [2.75, 3.05) is 7.11 Å². The molecule has 3 heteroatoms. The number of carboxylic acid groups (broad SMARTS) is 1. The number of methoxy groups -OCH3 is 1. The van der Waals surface area contributed by atoms with E-state index in [2.05, 4.69) is 24.3 Å². The molecule has 3 rings (SSSR count). The second kappa shape index (κ2) is 6.36. The van der Waals surface area contributed by atoms with Gasteiger partial charge in [-0.25, -0.2) is 0 Å². The molecule has 0 atom stereocenters. The highest BCUT2D eigenvalue weighted by Crippen LogP contribution is 2.43. The number of carboxylic acids is 1. The highest BCUT2D eigenvalue weighted by Gasteiger charge is 2.25. The summed E-state index contributed by atoms with van der Waals surface area (Å²) in [7, 11) is 1.65. The van der Waals surface area contributed by atoms with Crippen molar-refractivity contribution in [1.82, 2.24) is 0 Å². The number of hydrogen-bond donors (Lipinski definition) is 1. The van der Waals surface area contributed by atoms with Gasteiger partial charge < -0.3 is 9.84 Å². The maximum absolute atomic E-state index is 11.3. The molecule has 0 aromatic heterocycles. The third-order valence-electron chi connectivity index (χ3n) is 4.40. The van der Waals surface area contributed by atoms with Gasteiger partial charge in [0.25, 0.3) is 0 Å². The van der Waals surface area contributed by atoms with E-state index in [-0.39, 0.29) is 6.42 Å². The number of fused-ring (bicyclic) bond motifs is 1. The van der Waals surface area contributed by atoms with Crippen LogP contribution >= 0.6 is 0 Å². The van der Waals surface area contributed by atoms with E-state index in [1.54, 1.807) is 7.11 Å². The molecule has 0 saturated heterocycles. The van der Waals surface area contributed by atoms with E-state index in [9.17, 15) is 9.90 Å². The number of rotatable bonds is 4. The number of ether oxygens (including phenoxy) is 1. The van der Waals surface area contributed by atoms with E-state index < -0.39 is 5.97 Å². The fraction of sp³-hybridized carbons (Fsp3) is 0.190. The van der Waals surface area contributed by atoms with Crippen molar-refractivity contribution in [1.29, 1.82) is 0 Å². The van der Waals surface area contributed by atoms with Crippen LogP contribution in [0.1, 0.15) is 35.6 Å². The normalized spacial score (nSPS) is 14.9. The van der Waals surface area contributed by atoms with Gasteiger partial charge in [0.15, 0.2) is 0 Å². The number of aliphatic carboxylic acids is 1. The second-order valence-corrected chi connectivity index (χ2v) is 6.05. The molecule has 2 aromatic carbocycles. The lowest BCUT2D eigenvalue weighted by Gasteiger charge is -2.06. The van der Waals surface area contributed by atoms with Gasteiger partial charge in [-0.15, -0.1) is 0 Å².